The molecule has 0 unspecified atom stereocenters. The van der Waals surface area contributed by atoms with E-state index in [1.807, 2.05) is 30.3 Å². The summed E-state index contributed by atoms with van der Waals surface area (Å²) in [5.41, 5.74) is 1.13. The first-order valence-corrected chi connectivity index (χ1v) is 4.78. The summed E-state index contributed by atoms with van der Waals surface area (Å²) < 4.78 is 0. The van der Waals surface area contributed by atoms with E-state index in [0.29, 0.717) is 6.54 Å². The first kappa shape index (κ1) is 11.2. The van der Waals surface area contributed by atoms with Gasteiger partial charge in [0.1, 0.15) is 0 Å². The van der Waals surface area contributed by atoms with Crippen LogP contribution in [0.1, 0.15) is 5.56 Å². The summed E-state index contributed by atoms with van der Waals surface area (Å²) in [4.78, 5) is 21.9. The highest BCUT2D eigenvalue weighted by Gasteiger charge is 2.09. The van der Waals surface area contributed by atoms with Crippen LogP contribution in [-0.4, -0.2) is 25.4 Å². The van der Waals surface area contributed by atoms with Gasteiger partial charge in [-0.25, -0.2) is 0 Å². The minimum absolute atomic E-state index is 0.469. The number of carbonyl (C=O) groups excluding carboxylic acids is 2. The highest BCUT2D eigenvalue weighted by atomic mass is 16.2. The zero-order valence-electron chi connectivity index (χ0n) is 8.62. The lowest BCUT2D eigenvalue weighted by Crippen LogP contribution is -2.38. The molecule has 0 radical (unpaired) electrons. The maximum atomic E-state index is 11.0. The van der Waals surface area contributed by atoms with Crippen molar-refractivity contribution in [2.75, 3.05) is 13.6 Å². The standard InChI is InChI=1S/C11H14N2O2/c1-12-10(14)11(15)13-8-7-9-5-3-2-4-6-9/h2-6H,7-8H2,1H3,(H,12,14)(H,13,15). The monoisotopic (exact) mass is 206 g/mol. The Morgan fingerprint density at radius 3 is 2.40 bits per heavy atom. The van der Waals surface area contributed by atoms with Crippen LogP contribution in [0.5, 0.6) is 0 Å². The zero-order valence-corrected chi connectivity index (χ0v) is 8.62. The highest BCUT2D eigenvalue weighted by molar-refractivity contribution is 6.34. The van der Waals surface area contributed by atoms with Crippen molar-refractivity contribution in [2.45, 2.75) is 6.42 Å². The number of hydrogen-bond acceptors (Lipinski definition) is 2. The Morgan fingerprint density at radius 2 is 1.80 bits per heavy atom. The average Bonchev–Trinajstić information content (AvgIpc) is 2.29. The smallest absolute Gasteiger partial charge is 0.309 e. The third-order valence-electron chi connectivity index (χ3n) is 1.98. The number of hydrogen-bond donors (Lipinski definition) is 2. The molecular formula is C11H14N2O2. The first-order chi connectivity index (χ1) is 7.24. The molecule has 0 aliphatic heterocycles. The summed E-state index contributed by atoms with van der Waals surface area (Å²) in [5.74, 6) is -1.20. The summed E-state index contributed by atoms with van der Waals surface area (Å²) in [6.07, 6.45) is 0.726. The van der Waals surface area contributed by atoms with Crippen molar-refractivity contribution < 1.29 is 9.59 Å². The Hall–Kier alpha value is -1.84. The van der Waals surface area contributed by atoms with E-state index >= 15 is 0 Å². The topological polar surface area (TPSA) is 58.2 Å². The van der Waals surface area contributed by atoms with E-state index in [9.17, 15) is 9.59 Å². The Kier molecular flexibility index (Phi) is 4.34. The Balaban J connectivity index is 2.28. The van der Waals surface area contributed by atoms with Gasteiger partial charge in [-0.3, -0.25) is 9.59 Å². The van der Waals surface area contributed by atoms with Crippen LogP contribution in [0.2, 0.25) is 0 Å². The number of nitrogens with one attached hydrogen (secondary N) is 2. The van der Waals surface area contributed by atoms with Crippen molar-refractivity contribution in [2.24, 2.45) is 0 Å². The maximum absolute atomic E-state index is 11.0. The maximum Gasteiger partial charge on any atom is 0.309 e. The van der Waals surface area contributed by atoms with Crippen LogP contribution >= 0.6 is 0 Å². The number of carbonyl (C=O) groups is 2. The molecule has 0 spiro atoms. The molecule has 0 aliphatic rings. The Morgan fingerprint density at radius 1 is 1.13 bits per heavy atom. The van der Waals surface area contributed by atoms with E-state index in [4.69, 9.17) is 0 Å². The third-order valence-corrected chi connectivity index (χ3v) is 1.98. The molecule has 4 heteroatoms. The lowest BCUT2D eigenvalue weighted by atomic mass is 10.1. The molecule has 1 aromatic rings. The zero-order chi connectivity index (χ0) is 11.1. The van der Waals surface area contributed by atoms with Crippen molar-refractivity contribution in [3.05, 3.63) is 35.9 Å². The molecule has 80 valence electrons. The van der Waals surface area contributed by atoms with Crippen LogP contribution in [0.25, 0.3) is 0 Å². The molecular weight excluding hydrogens is 192 g/mol. The minimum atomic E-state index is -0.608. The van der Waals surface area contributed by atoms with Crippen molar-refractivity contribution >= 4 is 11.8 Å². The van der Waals surface area contributed by atoms with Crippen LogP contribution in [0.4, 0.5) is 0 Å². The van der Waals surface area contributed by atoms with Gasteiger partial charge in [-0.15, -0.1) is 0 Å². The van der Waals surface area contributed by atoms with E-state index in [0.717, 1.165) is 12.0 Å². The van der Waals surface area contributed by atoms with E-state index in [2.05, 4.69) is 10.6 Å². The van der Waals surface area contributed by atoms with Gasteiger partial charge in [-0.2, -0.15) is 0 Å². The second-order valence-electron chi connectivity index (χ2n) is 3.07. The van der Waals surface area contributed by atoms with E-state index in [1.165, 1.54) is 7.05 Å². The SMILES string of the molecule is CNC(=O)C(=O)NCCc1ccccc1. The normalized spacial score (nSPS) is 9.40. The molecule has 0 aromatic heterocycles. The fourth-order valence-corrected chi connectivity index (χ4v) is 1.16. The van der Waals surface area contributed by atoms with Crippen LogP contribution < -0.4 is 10.6 Å². The van der Waals surface area contributed by atoms with Gasteiger partial charge < -0.3 is 10.6 Å². The van der Waals surface area contributed by atoms with Gasteiger partial charge in [0.05, 0.1) is 0 Å². The fourth-order valence-electron chi connectivity index (χ4n) is 1.16. The van der Waals surface area contributed by atoms with Crippen molar-refractivity contribution in [1.29, 1.82) is 0 Å². The summed E-state index contributed by atoms with van der Waals surface area (Å²) in [5, 5.41) is 4.79. The molecule has 0 saturated heterocycles. The lowest BCUT2D eigenvalue weighted by Gasteiger charge is -2.03. The van der Waals surface area contributed by atoms with Gasteiger partial charge in [0, 0.05) is 13.6 Å². The van der Waals surface area contributed by atoms with Gasteiger partial charge in [-0.1, -0.05) is 30.3 Å². The quantitative estimate of drug-likeness (QED) is 0.689. The van der Waals surface area contributed by atoms with E-state index in [-0.39, 0.29) is 0 Å². The van der Waals surface area contributed by atoms with Crippen LogP contribution in [0, 0.1) is 0 Å². The molecule has 1 rings (SSSR count). The molecule has 0 saturated carbocycles. The van der Waals surface area contributed by atoms with Gasteiger partial charge in [-0.05, 0) is 12.0 Å². The fraction of sp³-hybridized carbons (Fsp3) is 0.273. The van der Waals surface area contributed by atoms with Crippen molar-refractivity contribution in [1.82, 2.24) is 10.6 Å². The van der Waals surface area contributed by atoms with Crippen molar-refractivity contribution in [3.63, 3.8) is 0 Å². The van der Waals surface area contributed by atoms with E-state index < -0.39 is 11.8 Å². The van der Waals surface area contributed by atoms with Crippen molar-refractivity contribution in [3.8, 4) is 0 Å². The number of benzene rings is 1. The molecule has 15 heavy (non-hydrogen) atoms. The molecule has 2 N–H and O–H groups in total. The Bertz CT molecular complexity index is 336. The number of likely N-dealkylation sites (N-methyl/N-ethyl adjacent to an activating group) is 1. The predicted molar refractivity (Wildman–Crippen MR) is 57.2 cm³/mol. The number of rotatable bonds is 3. The second-order valence-corrected chi connectivity index (χ2v) is 3.07. The molecule has 4 nitrogen and oxygen atoms in total. The van der Waals surface area contributed by atoms with Crippen LogP contribution in [0.3, 0.4) is 0 Å². The van der Waals surface area contributed by atoms with E-state index in [1.54, 1.807) is 0 Å². The minimum Gasteiger partial charge on any atom is -0.351 e. The highest BCUT2D eigenvalue weighted by Crippen LogP contribution is 1.97. The first-order valence-electron chi connectivity index (χ1n) is 4.78. The third kappa shape index (κ3) is 3.81. The van der Waals surface area contributed by atoms with Gasteiger partial charge in [0.15, 0.2) is 0 Å². The van der Waals surface area contributed by atoms with Crippen LogP contribution in [-0.2, 0) is 16.0 Å². The lowest BCUT2D eigenvalue weighted by molar-refractivity contribution is -0.138. The van der Waals surface area contributed by atoms with Gasteiger partial charge >= 0.3 is 11.8 Å². The molecule has 1 aromatic carbocycles. The second kappa shape index (κ2) is 5.80. The summed E-state index contributed by atoms with van der Waals surface area (Å²) in [7, 11) is 1.43. The predicted octanol–water partition coefficient (Wildman–Crippen LogP) is 0.0913. The van der Waals surface area contributed by atoms with Gasteiger partial charge in [0.2, 0.25) is 0 Å². The molecule has 0 heterocycles. The summed E-state index contributed by atoms with van der Waals surface area (Å²) >= 11 is 0. The molecule has 0 aliphatic carbocycles. The molecule has 0 bridgehead atoms. The molecule has 0 fully saturated rings. The number of amides is 2. The largest absolute Gasteiger partial charge is 0.351 e. The molecule has 2 amide bonds. The van der Waals surface area contributed by atoms with Crippen LogP contribution in [0.15, 0.2) is 30.3 Å². The van der Waals surface area contributed by atoms with Gasteiger partial charge in [0.25, 0.3) is 0 Å². The Labute approximate surface area is 88.7 Å². The summed E-state index contributed by atoms with van der Waals surface area (Å²) in [6.45, 7) is 0.469. The average molecular weight is 206 g/mol. The summed E-state index contributed by atoms with van der Waals surface area (Å²) in [6, 6.07) is 9.77. The molecule has 0 atom stereocenters.